The molecule has 0 spiro atoms. The number of benzene rings is 2. The standard InChI is InChI=1S/C19H14BrNO2/c1-12-2-4-13(5-3-12)6-8-15-11-17(19(22)23)16-10-14(20)7-9-18(16)21-15/h2-11H,1H3,(H,22,23)/b8-6+. The largest absolute Gasteiger partial charge is 0.478 e. The first-order valence-electron chi connectivity index (χ1n) is 7.11. The van der Waals surface area contributed by atoms with E-state index in [1.54, 1.807) is 12.1 Å². The molecule has 0 bridgehead atoms. The number of pyridine rings is 1. The molecule has 0 aliphatic heterocycles. The third kappa shape index (κ3) is 3.48. The van der Waals surface area contributed by atoms with Crippen LogP contribution in [-0.2, 0) is 0 Å². The first-order valence-corrected chi connectivity index (χ1v) is 7.90. The van der Waals surface area contributed by atoms with E-state index in [4.69, 9.17) is 0 Å². The number of carbonyl (C=O) groups is 1. The molecule has 3 rings (SSSR count). The van der Waals surface area contributed by atoms with Crippen LogP contribution in [0.3, 0.4) is 0 Å². The zero-order valence-electron chi connectivity index (χ0n) is 12.5. The number of carboxylic acids is 1. The van der Waals surface area contributed by atoms with Gasteiger partial charge in [0.1, 0.15) is 0 Å². The lowest BCUT2D eigenvalue weighted by Crippen LogP contribution is -2.00. The highest BCUT2D eigenvalue weighted by Gasteiger charge is 2.11. The summed E-state index contributed by atoms with van der Waals surface area (Å²) in [5.74, 6) is -0.958. The van der Waals surface area contributed by atoms with E-state index in [0.29, 0.717) is 16.6 Å². The Labute approximate surface area is 142 Å². The first kappa shape index (κ1) is 15.4. The van der Waals surface area contributed by atoms with E-state index in [1.165, 1.54) is 5.56 Å². The Bertz CT molecular complexity index is 915. The van der Waals surface area contributed by atoms with Crippen molar-refractivity contribution >= 4 is 45.0 Å². The predicted octanol–water partition coefficient (Wildman–Crippen LogP) is 5.17. The average Bonchev–Trinajstić information content (AvgIpc) is 2.53. The van der Waals surface area contributed by atoms with Gasteiger partial charge in [-0.25, -0.2) is 9.78 Å². The van der Waals surface area contributed by atoms with E-state index in [9.17, 15) is 9.90 Å². The molecule has 0 atom stereocenters. The van der Waals surface area contributed by atoms with Crippen LogP contribution in [0.25, 0.3) is 23.1 Å². The van der Waals surface area contributed by atoms with Gasteiger partial charge < -0.3 is 5.11 Å². The Morgan fingerprint density at radius 2 is 1.83 bits per heavy atom. The Hall–Kier alpha value is -2.46. The van der Waals surface area contributed by atoms with Gasteiger partial charge in [-0.2, -0.15) is 0 Å². The third-order valence-electron chi connectivity index (χ3n) is 3.54. The van der Waals surface area contributed by atoms with Gasteiger partial charge >= 0.3 is 5.97 Å². The van der Waals surface area contributed by atoms with Gasteiger partial charge in [0, 0.05) is 9.86 Å². The highest BCUT2D eigenvalue weighted by Crippen LogP contribution is 2.23. The number of aryl methyl sites for hydroxylation is 1. The summed E-state index contributed by atoms with van der Waals surface area (Å²) in [6.45, 7) is 2.04. The zero-order chi connectivity index (χ0) is 16.4. The van der Waals surface area contributed by atoms with Crippen molar-refractivity contribution in [2.45, 2.75) is 6.92 Å². The van der Waals surface area contributed by atoms with Crippen molar-refractivity contribution < 1.29 is 9.90 Å². The molecule has 0 unspecified atom stereocenters. The molecule has 1 N–H and O–H groups in total. The molecular weight excluding hydrogens is 354 g/mol. The van der Waals surface area contributed by atoms with Gasteiger partial charge in [-0.15, -0.1) is 0 Å². The van der Waals surface area contributed by atoms with Crippen LogP contribution in [0.15, 0.2) is 53.0 Å². The van der Waals surface area contributed by atoms with E-state index in [1.807, 2.05) is 55.5 Å². The van der Waals surface area contributed by atoms with Crippen LogP contribution in [0.1, 0.15) is 27.2 Å². The summed E-state index contributed by atoms with van der Waals surface area (Å²) >= 11 is 3.37. The molecule has 3 aromatic rings. The minimum absolute atomic E-state index is 0.250. The summed E-state index contributed by atoms with van der Waals surface area (Å²) in [5, 5.41) is 10.1. The summed E-state index contributed by atoms with van der Waals surface area (Å²) in [5.41, 5.74) is 3.78. The average molecular weight is 368 g/mol. The van der Waals surface area contributed by atoms with Gasteiger partial charge in [0.05, 0.1) is 16.8 Å². The summed E-state index contributed by atoms with van der Waals surface area (Å²) in [6, 6.07) is 15.1. The number of halogens is 1. The van der Waals surface area contributed by atoms with E-state index >= 15 is 0 Å². The van der Waals surface area contributed by atoms with Crippen LogP contribution < -0.4 is 0 Å². The second-order valence-corrected chi connectivity index (χ2v) is 6.22. The van der Waals surface area contributed by atoms with Gasteiger partial charge in [-0.1, -0.05) is 51.8 Å². The maximum absolute atomic E-state index is 11.5. The molecule has 0 radical (unpaired) electrons. The van der Waals surface area contributed by atoms with Crippen molar-refractivity contribution in [2.24, 2.45) is 0 Å². The number of rotatable bonds is 3. The van der Waals surface area contributed by atoms with Crippen LogP contribution in [0.5, 0.6) is 0 Å². The van der Waals surface area contributed by atoms with Crippen LogP contribution in [-0.4, -0.2) is 16.1 Å². The summed E-state index contributed by atoms with van der Waals surface area (Å²) < 4.78 is 0.831. The molecule has 0 aliphatic rings. The monoisotopic (exact) mass is 367 g/mol. The second-order valence-electron chi connectivity index (χ2n) is 5.31. The van der Waals surface area contributed by atoms with Crippen molar-refractivity contribution in [1.29, 1.82) is 0 Å². The van der Waals surface area contributed by atoms with Gasteiger partial charge in [0.25, 0.3) is 0 Å². The van der Waals surface area contributed by atoms with Gasteiger partial charge in [0.15, 0.2) is 0 Å². The fourth-order valence-electron chi connectivity index (χ4n) is 2.34. The van der Waals surface area contributed by atoms with Gasteiger partial charge in [-0.05, 0) is 42.8 Å². The molecule has 0 amide bonds. The number of aromatic carboxylic acids is 1. The maximum Gasteiger partial charge on any atom is 0.336 e. The molecule has 23 heavy (non-hydrogen) atoms. The number of nitrogens with zero attached hydrogens (tertiary/aromatic N) is 1. The maximum atomic E-state index is 11.5. The van der Waals surface area contributed by atoms with Crippen molar-refractivity contribution in [3.05, 3.63) is 75.4 Å². The van der Waals surface area contributed by atoms with Crippen molar-refractivity contribution in [1.82, 2.24) is 4.98 Å². The number of hydrogen-bond acceptors (Lipinski definition) is 2. The number of aromatic nitrogens is 1. The highest BCUT2D eigenvalue weighted by atomic mass is 79.9. The number of carboxylic acid groups (broad SMARTS) is 1. The highest BCUT2D eigenvalue weighted by molar-refractivity contribution is 9.10. The lowest BCUT2D eigenvalue weighted by Gasteiger charge is -2.05. The lowest BCUT2D eigenvalue weighted by atomic mass is 10.1. The normalized spacial score (nSPS) is 11.2. The minimum Gasteiger partial charge on any atom is -0.478 e. The lowest BCUT2D eigenvalue weighted by molar-refractivity contribution is 0.0699. The molecule has 114 valence electrons. The van der Waals surface area contributed by atoms with Crippen LogP contribution >= 0.6 is 15.9 Å². The van der Waals surface area contributed by atoms with Crippen molar-refractivity contribution in [3.63, 3.8) is 0 Å². The fourth-order valence-corrected chi connectivity index (χ4v) is 2.70. The summed E-state index contributed by atoms with van der Waals surface area (Å²) in [7, 11) is 0. The summed E-state index contributed by atoms with van der Waals surface area (Å²) in [6.07, 6.45) is 3.76. The van der Waals surface area contributed by atoms with Crippen LogP contribution in [0.4, 0.5) is 0 Å². The van der Waals surface area contributed by atoms with E-state index in [0.717, 1.165) is 10.0 Å². The zero-order valence-corrected chi connectivity index (χ0v) is 14.0. The van der Waals surface area contributed by atoms with Crippen molar-refractivity contribution in [3.8, 4) is 0 Å². The molecule has 1 heterocycles. The smallest absolute Gasteiger partial charge is 0.336 e. The predicted molar refractivity (Wildman–Crippen MR) is 96.5 cm³/mol. The Balaban J connectivity index is 2.06. The topological polar surface area (TPSA) is 50.2 Å². The van der Waals surface area contributed by atoms with Crippen molar-refractivity contribution in [2.75, 3.05) is 0 Å². The Kier molecular flexibility index (Phi) is 4.26. The molecule has 0 saturated heterocycles. The quantitative estimate of drug-likeness (QED) is 0.694. The first-order chi connectivity index (χ1) is 11.0. The molecule has 0 saturated carbocycles. The number of fused-ring (bicyclic) bond motifs is 1. The summed E-state index contributed by atoms with van der Waals surface area (Å²) in [4.78, 5) is 16.0. The Morgan fingerprint density at radius 3 is 2.52 bits per heavy atom. The molecular formula is C19H14BrNO2. The van der Waals surface area contributed by atoms with Gasteiger partial charge in [-0.3, -0.25) is 0 Å². The van der Waals surface area contributed by atoms with Crippen LogP contribution in [0.2, 0.25) is 0 Å². The third-order valence-corrected chi connectivity index (χ3v) is 4.04. The molecule has 1 aromatic heterocycles. The van der Waals surface area contributed by atoms with E-state index in [-0.39, 0.29) is 5.56 Å². The molecule has 2 aromatic carbocycles. The SMILES string of the molecule is Cc1ccc(/C=C/c2cc(C(=O)O)c3cc(Br)ccc3n2)cc1. The van der Waals surface area contributed by atoms with E-state index < -0.39 is 5.97 Å². The fraction of sp³-hybridized carbons (Fsp3) is 0.0526. The molecule has 0 fully saturated rings. The second kappa shape index (κ2) is 6.34. The number of hydrogen-bond donors (Lipinski definition) is 1. The molecule has 3 nitrogen and oxygen atoms in total. The molecule has 4 heteroatoms. The van der Waals surface area contributed by atoms with E-state index in [2.05, 4.69) is 20.9 Å². The Morgan fingerprint density at radius 1 is 1.09 bits per heavy atom. The minimum atomic E-state index is -0.958. The van der Waals surface area contributed by atoms with Gasteiger partial charge in [0.2, 0.25) is 0 Å². The molecule has 0 aliphatic carbocycles. The van der Waals surface area contributed by atoms with Crippen LogP contribution in [0, 0.1) is 6.92 Å².